The summed E-state index contributed by atoms with van der Waals surface area (Å²) in [6.07, 6.45) is 0.832. The standard InChI is InChI=1S/C15H25N5/c1-6-14-17-18-15-8-7-13(19-20(14)15)16-9-12(10(2)3)11(4)5/h7-8,10-12H,6,9H2,1-5H3,(H,16,19). The molecule has 2 aromatic rings. The van der Waals surface area contributed by atoms with Gasteiger partial charge < -0.3 is 5.32 Å². The van der Waals surface area contributed by atoms with E-state index in [0.717, 1.165) is 30.3 Å². The minimum Gasteiger partial charge on any atom is -0.368 e. The van der Waals surface area contributed by atoms with Crippen molar-refractivity contribution < 1.29 is 0 Å². The number of aromatic nitrogens is 4. The predicted molar refractivity (Wildman–Crippen MR) is 81.8 cm³/mol. The van der Waals surface area contributed by atoms with Crippen LogP contribution in [0.15, 0.2) is 12.1 Å². The summed E-state index contributed by atoms with van der Waals surface area (Å²) in [5, 5.41) is 16.3. The van der Waals surface area contributed by atoms with Gasteiger partial charge in [0.2, 0.25) is 0 Å². The Morgan fingerprint density at radius 1 is 1.10 bits per heavy atom. The Hall–Kier alpha value is -1.65. The Labute approximate surface area is 120 Å². The number of hydrogen-bond donors (Lipinski definition) is 1. The maximum Gasteiger partial charge on any atom is 0.178 e. The summed E-state index contributed by atoms with van der Waals surface area (Å²) < 4.78 is 1.82. The molecule has 0 unspecified atom stereocenters. The average molecular weight is 275 g/mol. The van der Waals surface area contributed by atoms with Crippen LogP contribution in [0.5, 0.6) is 0 Å². The molecule has 0 fully saturated rings. The summed E-state index contributed by atoms with van der Waals surface area (Å²) in [6, 6.07) is 3.93. The molecule has 20 heavy (non-hydrogen) atoms. The molecule has 1 N–H and O–H groups in total. The SMILES string of the molecule is CCc1nnc2ccc(NCC(C(C)C)C(C)C)nn12. The summed E-state index contributed by atoms with van der Waals surface area (Å²) in [7, 11) is 0. The largest absolute Gasteiger partial charge is 0.368 e. The zero-order chi connectivity index (χ0) is 14.7. The number of fused-ring (bicyclic) bond motifs is 1. The van der Waals surface area contributed by atoms with E-state index in [2.05, 4.69) is 55.2 Å². The van der Waals surface area contributed by atoms with Crippen LogP contribution in [0.2, 0.25) is 0 Å². The van der Waals surface area contributed by atoms with E-state index in [9.17, 15) is 0 Å². The number of aryl methyl sites for hydroxylation is 1. The zero-order valence-electron chi connectivity index (χ0n) is 13.1. The van der Waals surface area contributed by atoms with Crippen molar-refractivity contribution >= 4 is 11.5 Å². The van der Waals surface area contributed by atoms with E-state index in [1.807, 2.05) is 16.6 Å². The van der Waals surface area contributed by atoms with Gasteiger partial charge in [0.1, 0.15) is 5.82 Å². The quantitative estimate of drug-likeness (QED) is 0.880. The third kappa shape index (κ3) is 3.08. The molecule has 0 saturated heterocycles. The molecule has 0 aliphatic heterocycles. The predicted octanol–water partition coefficient (Wildman–Crippen LogP) is 3.03. The van der Waals surface area contributed by atoms with Gasteiger partial charge in [0.25, 0.3) is 0 Å². The van der Waals surface area contributed by atoms with Gasteiger partial charge in [0.15, 0.2) is 11.5 Å². The molecule has 0 aliphatic rings. The lowest BCUT2D eigenvalue weighted by atomic mass is 9.85. The van der Waals surface area contributed by atoms with Gasteiger partial charge in [-0.05, 0) is 29.9 Å². The first-order chi connectivity index (χ1) is 9.52. The fourth-order valence-corrected chi connectivity index (χ4v) is 2.61. The molecule has 110 valence electrons. The lowest BCUT2D eigenvalue weighted by molar-refractivity contribution is 0.304. The van der Waals surface area contributed by atoms with Gasteiger partial charge in [-0.3, -0.25) is 0 Å². The fourth-order valence-electron chi connectivity index (χ4n) is 2.61. The van der Waals surface area contributed by atoms with Gasteiger partial charge >= 0.3 is 0 Å². The van der Waals surface area contributed by atoms with Gasteiger partial charge in [-0.15, -0.1) is 15.3 Å². The number of hydrogen-bond acceptors (Lipinski definition) is 4. The summed E-state index contributed by atoms with van der Waals surface area (Å²) in [6.45, 7) is 12.1. The van der Waals surface area contributed by atoms with Crippen molar-refractivity contribution in [2.45, 2.75) is 41.0 Å². The molecule has 0 aromatic carbocycles. The van der Waals surface area contributed by atoms with E-state index in [1.54, 1.807) is 0 Å². The van der Waals surface area contributed by atoms with Crippen LogP contribution >= 0.6 is 0 Å². The highest BCUT2D eigenvalue weighted by atomic mass is 15.4. The van der Waals surface area contributed by atoms with Crippen molar-refractivity contribution in [3.8, 4) is 0 Å². The van der Waals surface area contributed by atoms with Crippen molar-refractivity contribution in [3.05, 3.63) is 18.0 Å². The van der Waals surface area contributed by atoms with Crippen LogP contribution in [0.25, 0.3) is 5.65 Å². The minimum absolute atomic E-state index is 0.638. The Balaban J connectivity index is 2.13. The zero-order valence-corrected chi connectivity index (χ0v) is 13.1. The lowest BCUT2D eigenvalue weighted by Gasteiger charge is -2.25. The first kappa shape index (κ1) is 14.8. The summed E-state index contributed by atoms with van der Waals surface area (Å²) in [5.41, 5.74) is 0.802. The van der Waals surface area contributed by atoms with E-state index >= 15 is 0 Å². The maximum atomic E-state index is 4.58. The topological polar surface area (TPSA) is 55.1 Å². The van der Waals surface area contributed by atoms with Crippen LogP contribution in [-0.2, 0) is 6.42 Å². The van der Waals surface area contributed by atoms with E-state index < -0.39 is 0 Å². The third-order valence-electron chi connectivity index (χ3n) is 3.88. The van der Waals surface area contributed by atoms with Crippen molar-refractivity contribution in [1.29, 1.82) is 0 Å². The molecule has 0 bridgehead atoms. The summed E-state index contributed by atoms with van der Waals surface area (Å²) in [5.74, 6) is 3.74. The molecule has 2 heterocycles. The normalized spacial score (nSPS) is 12.0. The summed E-state index contributed by atoms with van der Waals surface area (Å²) in [4.78, 5) is 0. The number of rotatable bonds is 6. The molecular formula is C15H25N5. The van der Waals surface area contributed by atoms with Crippen molar-refractivity contribution in [2.24, 2.45) is 17.8 Å². The first-order valence-corrected chi connectivity index (χ1v) is 7.48. The lowest BCUT2D eigenvalue weighted by Crippen LogP contribution is -2.25. The van der Waals surface area contributed by atoms with Crippen LogP contribution in [-0.4, -0.2) is 26.4 Å². The Kier molecular flexibility index (Phi) is 4.57. The van der Waals surface area contributed by atoms with Gasteiger partial charge in [-0.1, -0.05) is 34.6 Å². The van der Waals surface area contributed by atoms with Crippen molar-refractivity contribution in [1.82, 2.24) is 19.8 Å². The highest BCUT2D eigenvalue weighted by molar-refractivity contribution is 5.43. The monoisotopic (exact) mass is 275 g/mol. The smallest absolute Gasteiger partial charge is 0.178 e. The molecule has 2 rings (SSSR count). The van der Waals surface area contributed by atoms with E-state index in [-0.39, 0.29) is 0 Å². The van der Waals surface area contributed by atoms with Gasteiger partial charge in [0, 0.05) is 13.0 Å². The van der Waals surface area contributed by atoms with Crippen LogP contribution < -0.4 is 5.32 Å². The highest BCUT2D eigenvalue weighted by Gasteiger charge is 2.17. The highest BCUT2D eigenvalue weighted by Crippen LogP contribution is 2.21. The van der Waals surface area contributed by atoms with Gasteiger partial charge in [-0.25, -0.2) is 0 Å². The summed E-state index contributed by atoms with van der Waals surface area (Å²) >= 11 is 0. The Morgan fingerprint density at radius 2 is 1.80 bits per heavy atom. The number of nitrogens with one attached hydrogen (secondary N) is 1. The van der Waals surface area contributed by atoms with Crippen molar-refractivity contribution in [2.75, 3.05) is 11.9 Å². The second-order valence-electron chi connectivity index (χ2n) is 5.99. The van der Waals surface area contributed by atoms with E-state index in [1.165, 1.54) is 0 Å². The molecule has 0 spiro atoms. The molecular weight excluding hydrogens is 250 g/mol. The van der Waals surface area contributed by atoms with Gasteiger partial charge in [-0.2, -0.15) is 4.52 Å². The Morgan fingerprint density at radius 3 is 2.40 bits per heavy atom. The molecule has 0 saturated carbocycles. The van der Waals surface area contributed by atoms with Crippen LogP contribution in [0, 0.1) is 17.8 Å². The molecule has 0 aliphatic carbocycles. The minimum atomic E-state index is 0.638. The third-order valence-corrected chi connectivity index (χ3v) is 3.88. The molecule has 5 heteroatoms. The molecule has 0 atom stereocenters. The molecule has 2 aromatic heterocycles. The molecule has 5 nitrogen and oxygen atoms in total. The van der Waals surface area contributed by atoms with Crippen LogP contribution in [0.4, 0.5) is 5.82 Å². The molecule has 0 radical (unpaired) electrons. The van der Waals surface area contributed by atoms with Gasteiger partial charge in [0.05, 0.1) is 0 Å². The van der Waals surface area contributed by atoms with Crippen LogP contribution in [0.3, 0.4) is 0 Å². The van der Waals surface area contributed by atoms with Crippen LogP contribution in [0.1, 0.15) is 40.4 Å². The molecule has 0 amide bonds. The second-order valence-corrected chi connectivity index (χ2v) is 5.99. The average Bonchev–Trinajstić information content (AvgIpc) is 2.80. The van der Waals surface area contributed by atoms with Crippen molar-refractivity contribution in [3.63, 3.8) is 0 Å². The maximum absolute atomic E-state index is 4.58. The fraction of sp³-hybridized carbons (Fsp3) is 0.667. The number of anilines is 1. The van der Waals surface area contributed by atoms with E-state index in [4.69, 9.17) is 0 Å². The first-order valence-electron chi connectivity index (χ1n) is 7.48. The van der Waals surface area contributed by atoms with E-state index in [0.29, 0.717) is 17.8 Å². The Bertz CT molecular complexity index is 550. The second kappa shape index (κ2) is 6.20. The number of nitrogens with zero attached hydrogens (tertiary/aromatic N) is 4.